The van der Waals surface area contributed by atoms with Gasteiger partial charge in [-0.2, -0.15) is 4.98 Å². The zero-order valence-electron chi connectivity index (χ0n) is 20.9. The number of hydrogen-bond acceptors (Lipinski definition) is 8. The number of anilines is 2. The first-order valence-electron chi connectivity index (χ1n) is 11.5. The van der Waals surface area contributed by atoms with Gasteiger partial charge in [0.15, 0.2) is 5.82 Å². The lowest BCUT2D eigenvalue weighted by atomic mass is 9.94. The summed E-state index contributed by atoms with van der Waals surface area (Å²) in [6.07, 6.45) is 3.24. The minimum absolute atomic E-state index is 0.306. The molecule has 2 aromatic heterocycles. The first kappa shape index (κ1) is 23.9. The average Bonchev–Trinajstić information content (AvgIpc) is 3.36. The molecule has 1 amide bonds. The van der Waals surface area contributed by atoms with Gasteiger partial charge in [-0.3, -0.25) is 9.78 Å². The number of nitrogens with one attached hydrogen (secondary N) is 2. The Kier molecular flexibility index (Phi) is 6.46. The molecule has 1 aliphatic rings. The number of hydrogen-bond donors (Lipinski definition) is 2. The van der Waals surface area contributed by atoms with Crippen LogP contribution in [0.4, 0.5) is 11.6 Å². The molecule has 2 aromatic carbocycles. The van der Waals surface area contributed by atoms with Crippen LogP contribution in [0.15, 0.2) is 78.3 Å². The molecule has 0 saturated heterocycles. The molecule has 0 aliphatic carbocycles. The van der Waals surface area contributed by atoms with E-state index in [0.29, 0.717) is 45.8 Å². The number of rotatable bonds is 7. The average molecular weight is 499 g/mol. The predicted octanol–water partition coefficient (Wildman–Crippen LogP) is 4.29. The SMILES string of the molecule is COc1ccc(-c2nc3n(n2)[C@@H](c2cc(OC)ccc2OC)C(C(=O)Nc2cccnc2)=C(C)N3)cc1. The molecule has 0 bridgehead atoms. The Hall–Kier alpha value is -4.86. The normalized spacial score (nSPS) is 14.4. The minimum Gasteiger partial charge on any atom is -0.497 e. The van der Waals surface area contributed by atoms with Crippen LogP contribution in [0.3, 0.4) is 0 Å². The third-order valence-corrected chi connectivity index (χ3v) is 6.10. The number of benzene rings is 2. The van der Waals surface area contributed by atoms with E-state index in [1.165, 1.54) is 0 Å². The van der Waals surface area contributed by atoms with E-state index in [1.54, 1.807) is 56.6 Å². The molecular weight excluding hydrogens is 472 g/mol. The van der Waals surface area contributed by atoms with Crippen molar-refractivity contribution in [1.29, 1.82) is 0 Å². The van der Waals surface area contributed by atoms with Gasteiger partial charge >= 0.3 is 0 Å². The Bertz CT molecular complexity index is 1460. The first-order chi connectivity index (χ1) is 18.0. The molecule has 188 valence electrons. The summed E-state index contributed by atoms with van der Waals surface area (Å²) in [5.41, 5.74) is 3.17. The van der Waals surface area contributed by atoms with Crippen molar-refractivity contribution in [2.75, 3.05) is 32.0 Å². The van der Waals surface area contributed by atoms with Crippen LogP contribution in [0.25, 0.3) is 11.4 Å². The molecule has 3 heterocycles. The highest BCUT2D eigenvalue weighted by Gasteiger charge is 2.36. The van der Waals surface area contributed by atoms with Crippen molar-refractivity contribution in [1.82, 2.24) is 19.7 Å². The van der Waals surface area contributed by atoms with E-state index in [1.807, 2.05) is 43.3 Å². The summed E-state index contributed by atoms with van der Waals surface area (Å²) in [6, 6.07) is 15.8. The van der Waals surface area contributed by atoms with Gasteiger partial charge in [-0.1, -0.05) is 0 Å². The second-order valence-corrected chi connectivity index (χ2v) is 8.30. The monoisotopic (exact) mass is 498 g/mol. The molecular formula is C27H26N6O4. The van der Waals surface area contributed by atoms with E-state index in [0.717, 1.165) is 11.3 Å². The van der Waals surface area contributed by atoms with Gasteiger partial charge in [0, 0.05) is 23.0 Å². The number of fused-ring (bicyclic) bond motifs is 1. The van der Waals surface area contributed by atoms with Gasteiger partial charge in [-0.05, 0) is 61.5 Å². The van der Waals surface area contributed by atoms with Gasteiger partial charge in [0.05, 0.1) is 38.8 Å². The van der Waals surface area contributed by atoms with Gasteiger partial charge in [-0.25, -0.2) is 4.68 Å². The van der Waals surface area contributed by atoms with Crippen molar-refractivity contribution in [3.05, 3.63) is 83.8 Å². The Morgan fingerprint density at radius 3 is 2.43 bits per heavy atom. The predicted molar refractivity (Wildman–Crippen MR) is 139 cm³/mol. The second-order valence-electron chi connectivity index (χ2n) is 8.30. The van der Waals surface area contributed by atoms with Gasteiger partial charge in [0.25, 0.3) is 5.91 Å². The van der Waals surface area contributed by atoms with E-state index in [9.17, 15) is 4.79 Å². The van der Waals surface area contributed by atoms with Gasteiger partial charge in [-0.15, -0.1) is 5.10 Å². The molecule has 10 nitrogen and oxygen atoms in total. The van der Waals surface area contributed by atoms with Crippen molar-refractivity contribution < 1.29 is 19.0 Å². The van der Waals surface area contributed by atoms with Crippen molar-refractivity contribution in [2.45, 2.75) is 13.0 Å². The fraction of sp³-hybridized carbons (Fsp3) is 0.185. The Balaban J connectivity index is 1.65. The maximum absolute atomic E-state index is 13.7. The standard InChI is InChI=1S/C27H26N6O4/c1-16-23(26(34)30-18-6-5-13-28-15-18)24(21-14-20(36-3)11-12-22(21)37-4)33-27(29-16)31-25(32-33)17-7-9-19(35-2)10-8-17/h5-15,24H,1-4H3,(H,30,34)(H,29,31,32)/t24-/m0/s1. The van der Waals surface area contributed by atoms with Crippen LogP contribution >= 0.6 is 0 Å². The molecule has 10 heteroatoms. The molecule has 5 rings (SSSR count). The molecule has 1 atom stereocenters. The van der Waals surface area contributed by atoms with E-state index >= 15 is 0 Å². The van der Waals surface area contributed by atoms with Crippen molar-refractivity contribution in [3.63, 3.8) is 0 Å². The van der Waals surface area contributed by atoms with E-state index in [-0.39, 0.29) is 5.91 Å². The van der Waals surface area contributed by atoms with Crippen LogP contribution in [-0.4, -0.2) is 47.0 Å². The molecule has 1 aliphatic heterocycles. The van der Waals surface area contributed by atoms with Crippen molar-refractivity contribution >= 4 is 17.5 Å². The number of nitrogens with zero attached hydrogens (tertiary/aromatic N) is 4. The zero-order valence-corrected chi connectivity index (χ0v) is 20.9. The summed E-state index contributed by atoms with van der Waals surface area (Å²) in [7, 11) is 4.79. The van der Waals surface area contributed by atoms with Crippen LogP contribution in [0.1, 0.15) is 18.5 Å². The fourth-order valence-corrected chi connectivity index (χ4v) is 4.28. The molecule has 0 fully saturated rings. The molecule has 0 spiro atoms. The highest BCUT2D eigenvalue weighted by Crippen LogP contribution is 2.41. The van der Waals surface area contributed by atoms with E-state index < -0.39 is 6.04 Å². The third kappa shape index (κ3) is 4.56. The first-order valence-corrected chi connectivity index (χ1v) is 11.5. The quantitative estimate of drug-likeness (QED) is 0.388. The molecule has 0 unspecified atom stereocenters. The minimum atomic E-state index is -0.655. The van der Waals surface area contributed by atoms with Gasteiger partial charge in [0.1, 0.15) is 23.3 Å². The Labute approximate surface area is 213 Å². The van der Waals surface area contributed by atoms with Crippen LogP contribution in [0, 0.1) is 0 Å². The Morgan fingerprint density at radius 2 is 1.76 bits per heavy atom. The third-order valence-electron chi connectivity index (χ3n) is 6.10. The second kappa shape index (κ2) is 10.0. The van der Waals surface area contributed by atoms with Crippen molar-refractivity contribution in [3.8, 4) is 28.6 Å². The molecule has 0 radical (unpaired) electrons. The van der Waals surface area contributed by atoms with Crippen molar-refractivity contribution in [2.24, 2.45) is 0 Å². The molecule has 0 saturated carbocycles. The number of pyridine rings is 1. The molecule has 37 heavy (non-hydrogen) atoms. The zero-order chi connectivity index (χ0) is 25.9. The largest absolute Gasteiger partial charge is 0.497 e. The summed E-state index contributed by atoms with van der Waals surface area (Å²) >= 11 is 0. The van der Waals surface area contributed by atoms with Crippen LogP contribution in [-0.2, 0) is 4.79 Å². The number of carbonyl (C=O) groups excluding carboxylic acids is 1. The number of ether oxygens (including phenoxy) is 3. The highest BCUT2D eigenvalue weighted by atomic mass is 16.5. The summed E-state index contributed by atoms with van der Waals surface area (Å²) in [4.78, 5) is 22.5. The smallest absolute Gasteiger partial charge is 0.255 e. The molecule has 2 N–H and O–H groups in total. The topological polar surface area (TPSA) is 112 Å². The fourth-order valence-electron chi connectivity index (χ4n) is 4.28. The lowest BCUT2D eigenvalue weighted by Crippen LogP contribution is -2.31. The van der Waals surface area contributed by atoms with E-state index in [2.05, 4.69) is 15.6 Å². The maximum atomic E-state index is 13.7. The van der Waals surface area contributed by atoms with Gasteiger partial charge < -0.3 is 24.8 Å². The lowest BCUT2D eigenvalue weighted by Gasteiger charge is -2.29. The number of aromatic nitrogens is 4. The van der Waals surface area contributed by atoms with Crippen LogP contribution in [0.2, 0.25) is 0 Å². The summed E-state index contributed by atoms with van der Waals surface area (Å²) in [6.45, 7) is 1.84. The number of allylic oxidation sites excluding steroid dienone is 1. The van der Waals surface area contributed by atoms with E-state index in [4.69, 9.17) is 24.3 Å². The maximum Gasteiger partial charge on any atom is 0.255 e. The van der Waals surface area contributed by atoms with Gasteiger partial charge in [0.2, 0.25) is 5.95 Å². The summed E-state index contributed by atoms with van der Waals surface area (Å²) < 4.78 is 18.2. The summed E-state index contributed by atoms with van der Waals surface area (Å²) in [5, 5.41) is 11.0. The Morgan fingerprint density at radius 1 is 1.00 bits per heavy atom. The molecule has 4 aromatic rings. The number of methoxy groups -OCH3 is 3. The highest BCUT2D eigenvalue weighted by molar-refractivity contribution is 6.06. The lowest BCUT2D eigenvalue weighted by molar-refractivity contribution is -0.113. The number of amides is 1. The van der Waals surface area contributed by atoms with Crippen LogP contribution < -0.4 is 24.8 Å². The van der Waals surface area contributed by atoms with Crippen LogP contribution in [0.5, 0.6) is 17.2 Å². The number of carbonyl (C=O) groups is 1. The summed E-state index contributed by atoms with van der Waals surface area (Å²) in [5.74, 6) is 2.63.